The van der Waals surface area contributed by atoms with Gasteiger partial charge in [0, 0.05) is 30.6 Å². The zero-order chi connectivity index (χ0) is 20.2. The van der Waals surface area contributed by atoms with Crippen LogP contribution in [0.1, 0.15) is 19.3 Å². The van der Waals surface area contributed by atoms with Crippen molar-refractivity contribution in [1.29, 1.82) is 0 Å². The molecule has 0 unspecified atom stereocenters. The number of imidazole rings is 1. The van der Waals surface area contributed by atoms with Crippen molar-refractivity contribution in [1.82, 2.24) is 24.1 Å². The third-order valence-electron chi connectivity index (χ3n) is 5.80. The third-order valence-corrected chi connectivity index (χ3v) is 5.80. The minimum Gasteiger partial charge on any atom is -0.491 e. The molecule has 0 saturated heterocycles. The van der Waals surface area contributed by atoms with Crippen molar-refractivity contribution in [2.24, 2.45) is 11.7 Å². The molecular formula is C21H21N7O2. The number of benzene rings is 1. The fourth-order valence-electron chi connectivity index (χ4n) is 4.21. The topological polar surface area (TPSA) is 112 Å². The maximum atomic E-state index is 11.9. The molecule has 1 aliphatic carbocycles. The molecule has 0 bridgehead atoms. The Morgan fingerprint density at radius 2 is 2.17 bits per heavy atom. The van der Waals surface area contributed by atoms with E-state index in [1.54, 1.807) is 10.7 Å². The average Bonchev–Trinajstić information content (AvgIpc) is 3.40. The molecule has 1 amide bonds. The second-order valence-electron chi connectivity index (χ2n) is 7.94. The molecule has 4 aromatic rings. The number of carbonyl (C=O) groups is 1. The monoisotopic (exact) mass is 403 g/mol. The van der Waals surface area contributed by atoms with Gasteiger partial charge < -0.3 is 20.4 Å². The quantitative estimate of drug-likeness (QED) is 0.528. The Kier molecular flexibility index (Phi) is 3.71. The molecule has 0 spiro atoms. The number of nitrogens with zero attached hydrogens (tertiary/aromatic N) is 5. The summed E-state index contributed by atoms with van der Waals surface area (Å²) in [5.74, 6) is 1.54. The molecule has 152 valence electrons. The molecule has 0 radical (unpaired) electrons. The van der Waals surface area contributed by atoms with Crippen molar-refractivity contribution in [2.45, 2.75) is 31.8 Å². The first-order chi connectivity index (χ1) is 14.7. The number of primary amides is 1. The van der Waals surface area contributed by atoms with E-state index in [1.807, 2.05) is 30.5 Å². The number of amides is 1. The summed E-state index contributed by atoms with van der Waals surface area (Å²) in [6, 6.07) is 7.33. The van der Waals surface area contributed by atoms with Crippen LogP contribution < -0.4 is 15.8 Å². The molecule has 30 heavy (non-hydrogen) atoms. The summed E-state index contributed by atoms with van der Waals surface area (Å²) in [5.41, 5.74) is 9.73. The van der Waals surface area contributed by atoms with Crippen LogP contribution in [-0.4, -0.2) is 42.7 Å². The first kappa shape index (κ1) is 17.3. The molecule has 3 N–H and O–H groups in total. The number of rotatable bonds is 5. The molecule has 2 aliphatic rings. The zero-order valence-electron chi connectivity index (χ0n) is 16.3. The number of ether oxygens (including phenoxy) is 1. The van der Waals surface area contributed by atoms with Gasteiger partial charge in [0.1, 0.15) is 23.0 Å². The van der Waals surface area contributed by atoms with Crippen molar-refractivity contribution >= 4 is 28.3 Å². The Morgan fingerprint density at radius 3 is 3.00 bits per heavy atom. The largest absolute Gasteiger partial charge is 0.491 e. The molecule has 4 heterocycles. The minimum absolute atomic E-state index is 0.304. The van der Waals surface area contributed by atoms with Gasteiger partial charge in [-0.1, -0.05) is 0 Å². The van der Waals surface area contributed by atoms with Gasteiger partial charge >= 0.3 is 0 Å². The fourth-order valence-corrected chi connectivity index (χ4v) is 4.21. The fraction of sp³-hybridized carbons (Fsp3) is 0.333. The van der Waals surface area contributed by atoms with Crippen LogP contribution in [0.3, 0.4) is 0 Å². The second kappa shape index (κ2) is 6.45. The van der Waals surface area contributed by atoms with Gasteiger partial charge in [0.2, 0.25) is 5.91 Å². The molecule has 3 aromatic heterocycles. The summed E-state index contributed by atoms with van der Waals surface area (Å²) in [4.78, 5) is 21.5. The van der Waals surface area contributed by atoms with Gasteiger partial charge in [-0.25, -0.2) is 14.5 Å². The Bertz CT molecular complexity index is 1290. The highest BCUT2D eigenvalue weighted by Crippen LogP contribution is 2.38. The van der Waals surface area contributed by atoms with Crippen LogP contribution in [0, 0.1) is 5.92 Å². The number of aromatic nitrogens is 5. The first-order valence-electron chi connectivity index (χ1n) is 10.2. The number of anilines is 1. The van der Waals surface area contributed by atoms with Crippen molar-refractivity contribution in [3.63, 3.8) is 0 Å². The van der Waals surface area contributed by atoms with Crippen LogP contribution in [0.25, 0.3) is 28.2 Å². The number of nitrogens with one attached hydrogen (secondary N) is 1. The number of hydrogen-bond acceptors (Lipinski definition) is 6. The minimum atomic E-state index is -0.368. The number of carbonyl (C=O) groups excluding carboxylic acids is 1. The zero-order valence-corrected chi connectivity index (χ0v) is 16.3. The highest BCUT2D eigenvalue weighted by Gasteiger charge is 2.35. The van der Waals surface area contributed by atoms with Crippen molar-refractivity contribution < 1.29 is 9.53 Å². The summed E-state index contributed by atoms with van der Waals surface area (Å²) in [5, 5.41) is 7.52. The average molecular weight is 403 g/mol. The first-order valence-corrected chi connectivity index (χ1v) is 10.2. The van der Waals surface area contributed by atoms with E-state index in [0.717, 1.165) is 65.4 Å². The van der Waals surface area contributed by atoms with E-state index in [2.05, 4.69) is 15.0 Å². The number of fused-ring (bicyclic) bond motifs is 1. The highest BCUT2D eigenvalue weighted by molar-refractivity contribution is 5.91. The van der Waals surface area contributed by atoms with Gasteiger partial charge in [-0.15, -0.1) is 0 Å². The SMILES string of the molecule is NC(=O)[C@@H](Nc1cc2c3c(c1)nc(-c1ccn4nccc4n1)n3CCCO2)C1CC1. The number of aryl methyl sites for hydroxylation is 1. The van der Waals surface area contributed by atoms with E-state index in [0.29, 0.717) is 12.5 Å². The molecule has 1 saturated carbocycles. The van der Waals surface area contributed by atoms with Crippen LogP contribution in [0.15, 0.2) is 36.7 Å². The van der Waals surface area contributed by atoms with E-state index in [4.69, 9.17) is 20.4 Å². The molecule has 9 nitrogen and oxygen atoms in total. The summed E-state index contributed by atoms with van der Waals surface area (Å²) in [6.45, 7) is 1.42. The molecule has 1 aromatic carbocycles. The smallest absolute Gasteiger partial charge is 0.240 e. The predicted octanol–water partition coefficient (Wildman–Crippen LogP) is 2.20. The van der Waals surface area contributed by atoms with Crippen LogP contribution in [0.2, 0.25) is 0 Å². The normalized spacial score (nSPS) is 16.9. The third kappa shape index (κ3) is 2.77. The lowest BCUT2D eigenvalue weighted by atomic mass is 10.1. The standard InChI is InChI=1S/C21H21N7O2/c22-20(29)18(12-2-3-12)24-13-10-15-19-16(11-13)30-9-1-7-27(19)21(26-15)14-5-8-28-17(25-14)4-6-23-28/h4-6,8,10-12,18,24H,1-3,7,9H2,(H2,22,29)/t18-/m0/s1. The van der Waals surface area contributed by atoms with E-state index in [1.165, 1.54) is 0 Å². The second-order valence-corrected chi connectivity index (χ2v) is 7.94. The Hall–Kier alpha value is -3.62. The van der Waals surface area contributed by atoms with E-state index < -0.39 is 0 Å². The maximum absolute atomic E-state index is 11.9. The van der Waals surface area contributed by atoms with E-state index >= 15 is 0 Å². The van der Waals surface area contributed by atoms with Gasteiger partial charge in [0.15, 0.2) is 11.5 Å². The highest BCUT2D eigenvalue weighted by atomic mass is 16.5. The summed E-state index contributed by atoms with van der Waals surface area (Å²) < 4.78 is 9.93. The van der Waals surface area contributed by atoms with Crippen molar-refractivity contribution in [3.8, 4) is 17.3 Å². The van der Waals surface area contributed by atoms with Crippen LogP contribution in [-0.2, 0) is 11.3 Å². The molecule has 1 fully saturated rings. The molecule has 9 heteroatoms. The molecular weight excluding hydrogens is 382 g/mol. The van der Waals surface area contributed by atoms with Gasteiger partial charge in [-0.2, -0.15) is 5.10 Å². The lowest BCUT2D eigenvalue weighted by Crippen LogP contribution is -2.37. The summed E-state index contributed by atoms with van der Waals surface area (Å²) >= 11 is 0. The molecule has 1 aliphatic heterocycles. The number of hydrogen-bond donors (Lipinski definition) is 2. The van der Waals surface area contributed by atoms with Gasteiger partial charge in [0.25, 0.3) is 0 Å². The lowest BCUT2D eigenvalue weighted by molar-refractivity contribution is -0.119. The molecule has 1 atom stereocenters. The van der Waals surface area contributed by atoms with Crippen LogP contribution in [0.5, 0.6) is 5.75 Å². The van der Waals surface area contributed by atoms with E-state index in [-0.39, 0.29) is 11.9 Å². The molecule has 6 rings (SSSR count). The van der Waals surface area contributed by atoms with Crippen molar-refractivity contribution in [3.05, 3.63) is 36.7 Å². The number of nitrogens with two attached hydrogens (primary N) is 1. The van der Waals surface area contributed by atoms with Gasteiger partial charge in [-0.3, -0.25) is 4.79 Å². The van der Waals surface area contributed by atoms with Crippen LogP contribution in [0.4, 0.5) is 5.69 Å². The van der Waals surface area contributed by atoms with Crippen molar-refractivity contribution in [2.75, 3.05) is 11.9 Å². The Labute approximate surface area is 171 Å². The summed E-state index contributed by atoms with van der Waals surface area (Å²) in [6.07, 6.45) is 6.53. The lowest BCUT2D eigenvalue weighted by Gasteiger charge is -2.17. The maximum Gasteiger partial charge on any atom is 0.240 e. The van der Waals surface area contributed by atoms with Gasteiger partial charge in [0.05, 0.1) is 18.3 Å². The Morgan fingerprint density at radius 1 is 1.27 bits per heavy atom. The van der Waals surface area contributed by atoms with Gasteiger partial charge in [-0.05, 0) is 37.3 Å². The summed E-state index contributed by atoms with van der Waals surface area (Å²) in [7, 11) is 0. The predicted molar refractivity (Wildman–Crippen MR) is 111 cm³/mol. The van der Waals surface area contributed by atoms with E-state index in [9.17, 15) is 4.79 Å². The Balaban J connectivity index is 1.48. The van der Waals surface area contributed by atoms with Crippen LogP contribution >= 0.6 is 0 Å².